The first-order chi connectivity index (χ1) is 14.3. The molecule has 2 heterocycles. The van der Waals surface area contributed by atoms with Crippen molar-refractivity contribution in [3.63, 3.8) is 0 Å². The number of sulfone groups is 1. The van der Waals surface area contributed by atoms with Crippen LogP contribution >= 0.6 is 0 Å². The lowest BCUT2D eigenvalue weighted by Gasteiger charge is -2.18. The standard InChI is InChI=1S/C23H28N2O4S/c1-16-6-5-7-17(2)23(16)29-14-19(26)13-25-21-9-4-3-8-20(21)24-22(25)12-18-10-11-30(27,28)15-18/h3-9,18-19,26H,10-15H2,1-2H3/t18-,19-/m0/s1. The number of para-hydroxylation sites is 3. The number of aryl methyl sites for hydroxylation is 2. The molecule has 1 N–H and O–H groups in total. The minimum absolute atomic E-state index is 0.0774. The largest absolute Gasteiger partial charge is 0.490 e. The lowest BCUT2D eigenvalue weighted by molar-refractivity contribution is 0.0919. The van der Waals surface area contributed by atoms with E-state index in [2.05, 4.69) is 0 Å². The SMILES string of the molecule is Cc1cccc(C)c1OC[C@@H](O)Cn1c(C[C@@H]2CCS(=O)(=O)C2)nc2ccccc21. The molecule has 4 rings (SSSR count). The molecular formula is C23H28N2O4S. The summed E-state index contributed by atoms with van der Waals surface area (Å²) in [6.07, 6.45) is 0.551. The van der Waals surface area contributed by atoms with E-state index < -0.39 is 15.9 Å². The van der Waals surface area contributed by atoms with Crippen LogP contribution < -0.4 is 4.74 Å². The molecule has 2 aromatic carbocycles. The Kier molecular flexibility index (Phi) is 5.84. The van der Waals surface area contributed by atoms with E-state index in [4.69, 9.17) is 9.72 Å². The number of ether oxygens (including phenoxy) is 1. The number of rotatable bonds is 7. The summed E-state index contributed by atoms with van der Waals surface area (Å²) in [4.78, 5) is 4.74. The smallest absolute Gasteiger partial charge is 0.150 e. The molecule has 7 heteroatoms. The first-order valence-electron chi connectivity index (χ1n) is 10.3. The van der Waals surface area contributed by atoms with Crippen molar-refractivity contribution >= 4 is 20.9 Å². The molecule has 0 aliphatic carbocycles. The van der Waals surface area contributed by atoms with Crippen LogP contribution in [0.2, 0.25) is 0 Å². The Labute approximate surface area is 177 Å². The van der Waals surface area contributed by atoms with Gasteiger partial charge in [-0.15, -0.1) is 0 Å². The molecule has 30 heavy (non-hydrogen) atoms. The Hall–Kier alpha value is -2.38. The van der Waals surface area contributed by atoms with E-state index in [1.165, 1.54) is 0 Å². The van der Waals surface area contributed by atoms with Crippen LogP contribution in [0.1, 0.15) is 23.4 Å². The molecule has 0 bridgehead atoms. The van der Waals surface area contributed by atoms with Crippen LogP contribution in [0.3, 0.4) is 0 Å². The van der Waals surface area contributed by atoms with E-state index in [1.54, 1.807) is 0 Å². The summed E-state index contributed by atoms with van der Waals surface area (Å²) in [5.41, 5.74) is 3.88. The van der Waals surface area contributed by atoms with Crippen LogP contribution in [-0.2, 0) is 22.8 Å². The Morgan fingerprint density at radius 3 is 2.60 bits per heavy atom. The Morgan fingerprint density at radius 2 is 1.90 bits per heavy atom. The van der Waals surface area contributed by atoms with Crippen molar-refractivity contribution < 1.29 is 18.3 Å². The van der Waals surface area contributed by atoms with Gasteiger partial charge in [0.05, 0.1) is 29.1 Å². The quantitative estimate of drug-likeness (QED) is 0.625. The Bertz CT molecular complexity index is 1130. The highest BCUT2D eigenvalue weighted by Crippen LogP contribution is 2.26. The predicted octanol–water partition coefficient (Wildman–Crippen LogP) is 3.07. The number of benzene rings is 2. The van der Waals surface area contributed by atoms with Gasteiger partial charge in [0.15, 0.2) is 9.84 Å². The van der Waals surface area contributed by atoms with Crippen molar-refractivity contribution in [2.24, 2.45) is 5.92 Å². The van der Waals surface area contributed by atoms with Crippen LogP contribution in [-0.4, -0.2) is 47.3 Å². The normalized spacial score (nSPS) is 19.2. The van der Waals surface area contributed by atoms with Gasteiger partial charge in [0.25, 0.3) is 0 Å². The number of hydrogen-bond donors (Lipinski definition) is 1. The van der Waals surface area contributed by atoms with Crippen LogP contribution in [0.5, 0.6) is 5.75 Å². The minimum atomic E-state index is -2.94. The van der Waals surface area contributed by atoms with Crippen LogP contribution in [0.4, 0.5) is 0 Å². The average Bonchev–Trinajstić information content (AvgIpc) is 3.21. The maximum Gasteiger partial charge on any atom is 0.150 e. The number of hydrogen-bond acceptors (Lipinski definition) is 5. The minimum Gasteiger partial charge on any atom is -0.490 e. The highest BCUT2D eigenvalue weighted by molar-refractivity contribution is 7.91. The van der Waals surface area contributed by atoms with Gasteiger partial charge in [-0.05, 0) is 49.4 Å². The summed E-state index contributed by atoms with van der Waals surface area (Å²) in [6.45, 7) is 4.51. The predicted molar refractivity (Wildman–Crippen MR) is 118 cm³/mol. The molecule has 2 atom stereocenters. The summed E-state index contributed by atoms with van der Waals surface area (Å²) in [6, 6.07) is 13.8. The summed E-state index contributed by atoms with van der Waals surface area (Å²) < 4.78 is 31.7. The zero-order valence-corrected chi connectivity index (χ0v) is 18.2. The van der Waals surface area contributed by atoms with Gasteiger partial charge >= 0.3 is 0 Å². The van der Waals surface area contributed by atoms with Gasteiger partial charge in [0, 0.05) is 6.42 Å². The zero-order valence-electron chi connectivity index (χ0n) is 17.4. The first kappa shape index (κ1) is 20.9. The molecule has 1 aliphatic heterocycles. The fourth-order valence-electron chi connectivity index (χ4n) is 4.25. The van der Waals surface area contributed by atoms with E-state index in [1.807, 2.05) is 60.9 Å². The molecule has 0 amide bonds. The molecule has 3 aromatic rings. The lowest BCUT2D eigenvalue weighted by atomic mass is 10.1. The third-order valence-corrected chi connectivity index (χ3v) is 7.59. The third kappa shape index (κ3) is 4.52. The van der Waals surface area contributed by atoms with Crippen molar-refractivity contribution in [2.45, 2.75) is 39.3 Å². The topological polar surface area (TPSA) is 81.4 Å². The molecule has 0 unspecified atom stereocenters. The van der Waals surface area contributed by atoms with E-state index in [0.717, 1.165) is 33.7 Å². The molecule has 6 nitrogen and oxygen atoms in total. The van der Waals surface area contributed by atoms with Gasteiger partial charge in [0.2, 0.25) is 0 Å². The van der Waals surface area contributed by atoms with E-state index in [-0.39, 0.29) is 24.0 Å². The number of fused-ring (bicyclic) bond motifs is 1. The van der Waals surface area contributed by atoms with Gasteiger partial charge < -0.3 is 14.4 Å². The van der Waals surface area contributed by atoms with Gasteiger partial charge in [-0.1, -0.05) is 30.3 Å². The van der Waals surface area contributed by atoms with Gasteiger partial charge in [-0.2, -0.15) is 0 Å². The van der Waals surface area contributed by atoms with E-state index in [0.29, 0.717) is 19.4 Å². The molecule has 0 spiro atoms. The molecule has 1 fully saturated rings. The van der Waals surface area contributed by atoms with E-state index >= 15 is 0 Å². The second-order valence-electron chi connectivity index (χ2n) is 8.29. The first-order valence-corrected chi connectivity index (χ1v) is 12.2. The molecule has 0 saturated carbocycles. The Balaban J connectivity index is 1.52. The monoisotopic (exact) mass is 428 g/mol. The van der Waals surface area contributed by atoms with Crippen molar-refractivity contribution in [3.05, 3.63) is 59.4 Å². The van der Waals surface area contributed by atoms with Crippen LogP contribution in [0, 0.1) is 19.8 Å². The van der Waals surface area contributed by atoms with Crippen molar-refractivity contribution in [2.75, 3.05) is 18.1 Å². The number of aliphatic hydroxyl groups excluding tert-OH is 1. The summed E-state index contributed by atoms with van der Waals surface area (Å²) >= 11 is 0. The van der Waals surface area contributed by atoms with Crippen LogP contribution in [0.25, 0.3) is 11.0 Å². The lowest BCUT2D eigenvalue weighted by Crippen LogP contribution is -2.25. The van der Waals surface area contributed by atoms with Crippen molar-refractivity contribution in [1.82, 2.24) is 9.55 Å². The fourth-order valence-corrected chi connectivity index (χ4v) is 6.11. The fraction of sp³-hybridized carbons (Fsp3) is 0.435. The molecule has 0 radical (unpaired) electrons. The highest BCUT2D eigenvalue weighted by Gasteiger charge is 2.29. The number of imidazole rings is 1. The van der Waals surface area contributed by atoms with Crippen LogP contribution in [0.15, 0.2) is 42.5 Å². The van der Waals surface area contributed by atoms with Gasteiger partial charge in [-0.3, -0.25) is 0 Å². The average molecular weight is 429 g/mol. The second-order valence-corrected chi connectivity index (χ2v) is 10.5. The maximum atomic E-state index is 11.9. The highest BCUT2D eigenvalue weighted by atomic mass is 32.2. The van der Waals surface area contributed by atoms with Crippen molar-refractivity contribution in [3.8, 4) is 5.75 Å². The second kappa shape index (κ2) is 8.40. The maximum absolute atomic E-state index is 11.9. The zero-order chi connectivity index (χ0) is 21.3. The summed E-state index contributed by atoms with van der Waals surface area (Å²) in [5, 5.41) is 10.7. The van der Waals surface area contributed by atoms with Gasteiger partial charge in [-0.25, -0.2) is 13.4 Å². The molecule has 160 valence electrons. The number of aromatic nitrogens is 2. The molecular weight excluding hydrogens is 400 g/mol. The van der Waals surface area contributed by atoms with Crippen molar-refractivity contribution in [1.29, 1.82) is 0 Å². The third-order valence-electron chi connectivity index (χ3n) is 5.75. The Morgan fingerprint density at radius 1 is 1.17 bits per heavy atom. The van der Waals surface area contributed by atoms with E-state index in [9.17, 15) is 13.5 Å². The molecule has 1 saturated heterocycles. The summed E-state index contributed by atoms with van der Waals surface area (Å²) in [7, 11) is -2.94. The molecule has 1 aromatic heterocycles. The number of aliphatic hydroxyl groups is 1. The summed E-state index contributed by atoms with van der Waals surface area (Å²) in [5.74, 6) is 2.18. The molecule has 1 aliphatic rings. The van der Waals surface area contributed by atoms with Gasteiger partial charge in [0.1, 0.15) is 24.3 Å². The number of nitrogens with zero attached hydrogens (tertiary/aromatic N) is 2.